The van der Waals surface area contributed by atoms with Gasteiger partial charge in [-0.25, -0.2) is 0 Å². The first kappa shape index (κ1) is 16.8. The van der Waals surface area contributed by atoms with Crippen molar-refractivity contribution in [2.75, 3.05) is 13.2 Å². The molecule has 0 atom stereocenters. The molecule has 126 valence electrons. The average molecular weight is 344 g/mol. The zero-order valence-corrected chi connectivity index (χ0v) is 14.4. The van der Waals surface area contributed by atoms with Gasteiger partial charge in [-0.2, -0.15) is 0 Å². The molecule has 0 saturated carbocycles. The lowest BCUT2D eigenvalue weighted by Gasteiger charge is -2.19. The van der Waals surface area contributed by atoms with Gasteiger partial charge in [-0.3, -0.25) is 4.79 Å². The lowest BCUT2D eigenvalue weighted by atomic mass is 9.91. The van der Waals surface area contributed by atoms with Gasteiger partial charge in [-0.05, 0) is 67.0 Å². The van der Waals surface area contributed by atoms with Crippen molar-refractivity contribution in [1.29, 1.82) is 0 Å². The van der Waals surface area contributed by atoms with E-state index >= 15 is 0 Å². The molecule has 3 rings (SSSR count). The first-order chi connectivity index (χ1) is 11.7. The summed E-state index contributed by atoms with van der Waals surface area (Å²) < 4.78 is 5.75. The highest BCUT2D eigenvalue weighted by atomic mass is 35.5. The second kappa shape index (κ2) is 8.20. The van der Waals surface area contributed by atoms with Crippen molar-refractivity contribution in [2.24, 2.45) is 0 Å². The number of halogens is 1. The highest BCUT2D eigenvalue weighted by molar-refractivity contribution is 6.30. The molecule has 2 aromatic rings. The van der Waals surface area contributed by atoms with Crippen LogP contribution in [-0.4, -0.2) is 19.1 Å². The van der Waals surface area contributed by atoms with E-state index in [1.807, 2.05) is 36.4 Å². The van der Waals surface area contributed by atoms with Crippen LogP contribution in [0.5, 0.6) is 5.75 Å². The largest absolute Gasteiger partial charge is 0.483 e. The number of carbonyl (C=O) groups excluding carboxylic acids is 1. The van der Waals surface area contributed by atoms with E-state index in [-0.39, 0.29) is 12.5 Å². The quantitative estimate of drug-likeness (QED) is 0.862. The minimum absolute atomic E-state index is 0.0615. The Bertz CT molecular complexity index is 715. The molecule has 0 saturated heterocycles. The third-order valence-corrected chi connectivity index (χ3v) is 4.57. The van der Waals surface area contributed by atoms with Gasteiger partial charge in [-0.1, -0.05) is 35.9 Å². The van der Waals surface area contributed by atoms with E-state index in [1.165, 1.54) is 24.0 Å². The Morgan fingerprint density at radius 1 is 1.12 bits per heavy atom. The van der Waals surface area contributed by atoms with Crippen molar-refractivity contribution in [2.45, 2.75) is 32.1 Å². The molecule has 1 amide bonds. The lowest BCUT2D eigenvalue weighted by molar-refractivity contribution is -0.123. The first-order valence-corrected chi connectivity index (χ1v) is 8.85. The Kier molecular flexibility index (Phi) is 5.76. The third-order valence-electron chi connectivity index (χ3n) is 4.34. The Hall–Kier alpha value is -2.00. The van der Waals surface area contributed by atoms with E-state index in [9.17, 15) is 4.79 Å². The minimum Gasteiger partial charge on any atom is -0.483 e. The minimum atomic E-state index is -0.0922. The summed E-state index contributed by atoms with van der Waals surface area (Å²) in [7, 11) is 0. The van der Waals surface area contributed by atoms with E-state index in [0.717, 1.165) is 35.6 Å². The predicted octanol–water partition coefficient (Wildman–Crippen LogP) is 3.96. The van der Waals surface area contributed by atoms with Crippen LogP contribution >= 0.6 is 11.6 Å². The zero-order valence-electron chi connectivity index (χ0n) is 13.7. The molecule has 0 aliphatic heterocycles. The molecule has 0 spiro atoms. The Labute approximate surface area is 148 Å². The van der Waals surface area contributed by atoms with Gasteiger partial charge in [0, 0.05) is 11.6 Å². The maximum absolute atomic E-state index is 12.0. The summed E-state index contributed by atoms with van der Waals surface area (Å²) in [6.45, 7) is 0.640. The van der Waals surface area contributed by atoms with Gasteiger partial charge in [0.15, 0.2) is 6.61 Å². The number of aryl methyl sites for hydroxylation is 1. The second-order valence-corrected chi connectivity index (χ2v) is 6.56. The lowest BCUT2D eigenvalue weighted by Crippen LogP contribution is -2.30. The molecule has 1 aliphatic rings. The molecule has 24 heavy (non-hydrogen) atoms. The Morgan fingerprint density at radius 3 is 2.83 bits per heavy atom. The van der Waals surface area contributed by atoms with E-state index in [1.54, 1.807) is 0 Å². The number of ether oxygens (including phenoxy) is 1. The molecule has 0 bridgehead atoms. The molecule has 0 unspecified atom stereocenters. The molecule has 0 radical (unpaired) electrons. The number of rotatable bonds is 6. The monoisotopic (exact) mass is 343 g/mol. The molecular weight excluding hydrogens is 322 g/mol. The number of fused-ring (bicyclic) bond motifs is 1. The molecule has 0 aromatic heterocycles. The van der Waals surface area contributed by atoms with Gasteiger partial charge in [0.05, 0.1) is 0 Å². The van der Waals surface area contributed by atoms with Crippen molar-refractivity contribution in [3.05, 3.63) is 64.2 Å². The summed E-state index contributed by atoms with van der Waals surface area (Å²) in [5.41, 5.74) is 3.75. The molecule has 4 heteroatoms. The van der Waals surface area contributed by atoms with Gasteiger partial charge in [-0.15, -0.1) is 0 Å². The molecular formula is C20H22ClNO2. The molecule has 1 aliphatic carbocycles. The molecule has 0 heterocycles. The SMILES string of the molecule is O=C(COc1cccc2c1CCCC2)NCCc1cccc(Cl)c1. The third kappa shape index (κ3) is 4.51. The summed E-state index contributed by atoms with van der Waals surface area (Å²) in [5.74, 6) is 0.766. The second-order valence-electron chi connectivity index (χ2n) is 6.12. The van der Waals surface area contributed by atoms with Crippen molar-refractivity contribution < 1.29 is 9.53 Å². The number of benzene rings is 2. The summed E-state index contributed by atoms with van der Waals surface area (Å²) >= 11 is 5.95. The number of nitrogens with one attached hydrogen (secondary N) is 1. The van der Waals surface area contributed by atoms with E-state index in [4.69, 9.17) is 16.3 Å². The van der Waals surface area contributed by atoms with Crippen LogP contribution in [0, 0.1) is 0 Å². The average Bonchev–Trinajstić information content (AvgIpc) is 2.60. The summed E-state index contributed by atoms with van der Waals surface area (Å²) in [6, 6.07) is 13.8. The highest BCUT2D eigenvalue weighted by Crippen LogP contribution is 2.29. The summed E-state index contributed by atoms with van der Waals surface area (Å²) in [6.07, 6.45) is 5.34. The fourth-order valence-corrected chi connectivity index (χ4v) is 3.33. The zero-order chi connectivity index (χ0) is 16.8. The molecule has 2 aromatic carbocycles. The summed E-state index contributed by atoms with van der Waals surface area (Å²) in [4.78, 5) is 12.0. The van der Waals surface area contributed by atoms with Crippen LogP contribution in [0.3, 0.4) is 0 Å². The standard InChI is InChI=1S/C20H22ClNO2/c21-17-8-3-5-15(13-17)11-12-22-20(23)14-24-19-10-4-7-16-6-1-2-9-18(16)19/h3-5,7-8,10,13H,1-2,6,9,11-12,14H2,(H,22,23). The highest BCUT2D eigenvalue weighted by Gasteiger charge is 2.14. The number of hydrogen-bond donors (Lipinski definition) is 1. The fourth-order valence-electron chi connectivity index (χ4n) is 3.11. The van der Waals surface area contributed by atoms with Crippen LogP contribution in [0.15, 0.2) is 42.5 Å². The van der Waals surface area contributed by atoms with Gasteiger partial charge in [0.25, 0.3) is 5.91 Å². The van der Waals surface area contributed by atoms with E-state index < -0.39 is 0 Å². The van der Waals surface area contributed by atoms with Gasteiger partial charge in [0.2, 0.25) is 0 Å². The molecule has 1 N–H and O–H groups in total. The number of carbonyl (C=O) groups is 1. The predicted molar refractivity (Wildman–Crippen MR) is 96.7 cm³/mol. The smallest absolute Gasteiger partial charge is 0.257 e. The van der Waals surface area contributed by atoms with Gasteiger partial charge >= 0.3 is 0 Å². The maximum atomic E-state index is 12.0. The van der Waals surface area contributed by atoms with E-state index in [2.05, 4.69) is 11.4 Å². The normalized spacial score (nSPS) is 13.2. The van der Waals surface area contributed by atoms with Crippen molar-refractivity contribution in [1.82, 2.24) is 5.32 Å². The van der Waals surface area contributed by atoms with Crippen molar-refractivity contribution >= 4 is 17.5 Å². The van der Waals surface area contributed by atoms with Crippen molar-refractivity contribution in [3.63, 3.8) is 0 Å². The number of hydrogen-bond acceptors (Lipinski definition) is 2. The topological polar surface area (TPSA) is 38.3 Å². The van der Waals surface area contributed by atoms with Crippen LogP contribution in [0.1, 0.15) is 29.5 Å². The van der Waals surface area contributed by atoms with Crippen molar-refractivity contribution in [3.8, 4) is 5.75 Å². The Balaban J connectivity index is 1.46. The number of amides is 1. The molecule has 3 nitrogen and oxygen atoms in total. The van der Waals surface area contributed by atoms with Crippen LogP contribution in [-0.2, 0) is 24.1 Å². The van der Waals surface area contributed by atoms with E-state index in [0.29, 0.717) is 6.54 Å². The first-order valence-electron chi connectivity index (χ1n) is 8.47. The van der Waals surface area contributed by atoms with Crippen LogP contribution < -0.4 is 10.1 Å². The van der Waals surface area contributed by atoms with Crippen LogP contribution in [0.4, 0.5) is 0 Å². The van der Waals surface area contributed by atoms with Crippen LogP contribution in [0.2, 0.25) is 5.02 Å². The fraction of sp³-hybridized carbons (Fsp3) is 0.350. The van der Waals surface area contributed by atoms with Gasteiger partial charge in [0.1, 0.15) is 5.75 Å². The van der Waals surface area contributed by atoms with Crippen LogP contribution in [0.25, 0.3) is 0 Å². The maximum Gasteiger partial charge on any atom is 0.257 e. The Morgan fingerprint density at radius 2 is 1.96 bits per heavy atom. The molecule has 0 fully saturated rings. The summed E-state index contributed by atoms with van der Waals surface area (Å²) in [5, 5.41) is 3.61. The van der Waals surface area contributed by atoms with Gasteiger partial charge < -0.3 is 10.1 Å².